The van der Waals surface area contributed by atoms with Gasteiger partial charge in [0.05, 0.1) is 14.1 Å². The minimum Gasteiger partial charge on any atom is -0.258 e. The number of nitro groups is 1. The predicted octanol–water partition coefficient (Wildman–Crippen LogP) is 4.64. The molecule has 0 spiro atoms. The molecule has 0 saturated carbocycles. The van der Waals surface area contributed by atoms with Crippen molar-refractivity contribution in [2.75, 3.05) is 0 Å². The van der Waals surface area contributed by atoms with Crippen LogP contribution in [0.15, 0.2) is 18.2 Å². The maximum Gasteiger partial charge on any atom is 0.325 e. The minimum absolute atomic E-state index is 0.166. The van der Waals surface area contributed by atoms with Crippen LogP contribution in [-0.4, -0.2) is 4.92 Å². The number of thiophene rings is 2. The summed E-state index contributed by atoms with van der Waals surface area (Å²) in [4.78, 5) is 12.1. The molecular weight excluding hydrogens is 369 g/mol. The average molecular weight is 372 g/mol. The molecule has 2 heterocycles. The van der Waals surface area contributed by atoms with Gasteiger partial charge in [-0.1, -0.05) is 22.9 Å². The van der Waals surface area contributed by atoms with Crippen LogP contribution >= 0.6 is 56.9 Å². The summed E-state index contributed by atoms with van der Waals surface area (Å²) >= 11 is 10.5. The number of hydrogen-bond acceptors (Lipinski definition) is 4. The van der Waals surface area contributed by atoms with E-state index in [1.165, 1.54) is 22.7 Å². The molecule has 0 radical (unpaired) electrons. The van der Waals surface area contributed by atoms with E-state index in [0.717, 1.165) is 13.3 Å². The Morgan fingerprint density at radius 2 is 2.13 bits per heavy atom. The fraction of sp³-hybridized carbons (Fsp3) is 0. The van der Waals surface area contributed by atoms with Crippen LogP contribution in [0.4, 0.5) is 5.00 Å². The van der Waals surface area contributed by atoms with Crippen molar-refractivity contribution in [3.05, 3.63) is 36.2 Å². The van der Waals surface area contributed by atoms with Gasteiger partial charge in [0.25, 0.3) is 0 Å². The number of hydrogen-bond donors (Lipinski definition) is 0. The second kappa shape index (κ2) is 4.36. The van der Waals surface area contributed by atoms with Gasteiger partial charge in [-0.2, -0.15) is 0 Å². The molecule has 0 aliphatic heterocycles. The summed E-state index contributed by atoms with van der Waals surface area (Å²) in [5, 5.41) is 10.8. The molecule has 0 bridgehead atoms. The van der Waals surface area contributed by atoms with Gasteiger partial charge in [0, 0.05) is 14.5 Å². The summed E-state index contributed by atoms with van der Waals surface area (Å²) < 4.78 is 1.58. The summed E-state index contributed by atoms with van der Waals surface area (Å²) in [6.45, 7) is 0. The zero-order valence-electron chi connectivity index (χ0n) is 7.07. The lowest BCUT2D eigenvalue weighted by atomic mass is 10.4. The monoisotopic (exact) mass is 371 g/mol. The smallest absolute Gasteiger partial charge is 0.258 e. The molecule has 78 valence electrons. The molecule has 0 saturated heterocycles. The molecule has 2 rings (SSSR count). The normalized spacial score (nSPS) is 10.5. The zero-order chi connectivity index (χ0) is 11.0. The van der Waals surface area contributed by atoms with E-state index in [9.17, 15) is 10.1 Å². The standard InChI is InChI=1S/C8H3ClINO2S2/c9-6-2-1-5(14-6)8-4(10)3-7(15-8)11(12)13/h1-3H. The van der Waals surface area contributed by atoms with Crippen molar-refractivity contribution < 1.29 is 4.92 Å². The van der Waals surface area contributed by atoms with Gasteiger partial charge >= 0.3 is 5.00 Å². The Morgan fingerprint density at radius 3 is 2.60 bits per heavy atom. The van der Waals surface area contributed by atoms with E-state index in [0.29, 0.717) is 4.34 Å². The van der Waals surface area contributed by atoms with Crippen LogP contribution in [0.1, 0.15) is 0 Å². The molecule has 7 heteroatoms. The van der Waals surface area contributed by atoms with Gasteiger partial charge in [0.2, 0.25) is 0 Å². The predicted molar refractivity (Wildman–Crippen MR) is 72.0 cm³/mol. The molecule has 15 heavy (non-hydrogen) atoms. The SMILES string of the molecule is O=[N+]([O-])c1cc(I)c(-c2ccc(Cl)s2)s1. The van der Waals surface area contributed by atoms with Crippen LogP contribution < -0.4 is 0 Å². The molecule has 0 aromatic carbocycles. The third kappa shape index (κ3) is 2.32. The van der Waals surface area contributed by atoms with Crippen molar-refractivity contribution in [3.8, 4) is 9.75 Å². The number of halogens is 2. The van der Waals surface area contributed by atoms with E-state index in [1.54, 1.807) is 12.1 Å². The fourth-order valence-electron chi connectivity index (χ4n) is 1.05. The van der Waals surface area contributed by atoms with Crippen LogP contribution in [-0.2, 0) is 0 Å². The van der Waals surface area contributed by atoms with Gasteiger partial charge in [-0.3, -0.25) is 10.1 Å². The lowest BCUT2D eigenvalue weighted by Gasteiger charge is -1.89. The lowest BCUT2D eigenvalue weighted by Crippen LogP contribution is -1.80. The lowest BCUT2D eigenvalue weighted by molar-refractivity contribution is -0.380. The molecular formula is C8H3ClINO2S2. The fourth-order valence-corrected chi connectivity index (χ4v) is 4.39. The third-order valence-electron chi connectivity index (χ3n) is 1.65. The van der Waals surface area contributed by atoms with E-state index in [1.807, 2.05) is 6.07 Å². The topological polar surface area (TPSA) is 43.1 Å². The Balaban J connectivity index is 2.49. The first-order valence-corrected chi connectivity index (χ1v) is 6.86. The molecule has 0 fully saturated rings. The van der Waals surface area contributed by atoms with Crippen LogP contribution in [0.5, 0.6) is 0 Å². The van der Waals surface area contributed by atoms with Crippen LogP contribution in [0, 0.1) is 13.7 Å². The highest BCUT2D eigenvalue weighted by atomic mass is 127. The molecule has 0 amide bonds. The molecule has 0 atom stereocenters. The summed E-state index contributed by atoms with van der Waals surface area (Å²) in [5.41, 5.74) is 0. The highest BCUT2D eigenvalue weighted by Crippen LogP contribution is 2.41. The largest absolute Gasteiger partial charge is 0.325 e. The first kappa shape index (κ1) is 11.3. The van der Waals surface area contributed by atoms with Crippen molar-refractivity contribution in [2.24, 2.45) is 0 Å². The van der Waals surface area contributed by atoms with Crippen LogP contribution in [0.2, 0.25) is 4.34 Å². The molecule has 2 aromatic heterocycles. The molecule has 0 aliphatic rings. The maximum absolute atomic E-state index is 10.6. The molecule has 0 unspecified atom stereocenters. The van der Waals surface area contributed by atoms with Crippen LogP contribution in [0.25, 0.3) is 9.75 Å². The molecule has 0 aliphatic carbocycles. The second-order valence-electron chi connectivity index (χ2n) is 2.62. The van der Waals surface area contributed by atoms with Gasteiger partial charge in [0.1, 0.15) is 0 Å². The Morgan fingerprint density at radius 1 is 1.40 bits per heavy atom. The second-order valence-corrected chi connectivity index (χ2v) is 6.53. The number of rotatable bonds is 2. The number of nitrogens with zero attached hydrogens (tertiary/aromatic N) is 1. The van der Waals surface area contributed by atoms with E-state index in [-0.39, 0.29) is 9.92 Å². The Bertz CT molecular complexity index is 522. The molecule has 3 nitrogen and oxygen atoms in total. The summed E-state index contributed by atoms with van der Waals surface area (Å²) in [7, 11) is 0. The van der Waals surface area contributed by atoms with Crippen molar-refractivity contribution in [1.82, 2.24) is 0 Å². The van der Waals surface area contributed by atoms with Crippen molar-refractivity contribution >= 4 is 61.9 Å². The highest BCUT2D eigenvalue weighted by Gasteiger charge is 2.17. The summed E-state index contributed by atoms with van der Waals surface area (Å²) in [5.74, 6) is 0. The quantitative estimate of drug-likeness (QED) is 0.438. The average Bonchev–Trinajstić information content (AvgIpc) is 2.71. The van der Waals surface area contributed by atoms with Gasteiger partial charge in [-0.25, -0.2) is 0 Å². The van der Waals surface area contributed by atoms with E-state index >= 15 is 0 Å². The Labute approximate surface area is 112 Å². The van der Waals surface area contributed by atoms with Gasteiger partial charge in [-0.15, -0.1) is 11.3 Å². The zero-order valence-corrected chi connectivity index (χ0v) is 11.6. The van der Waals surface area contributed by atoms with Gasteiger partial charge in [0.15, 0.2) is 0 Å². The summed E-state index contributed by atoms with van der Waals surface area (Å²) in [6, 6.07) is 5.25. The summed E-state index contributed by atoms with van der Waals surface area (Å²) in [6.07, 6.45) is 0. The van der Waals surface area contributed by atoms with E-state index < -0.39 is 0 Å². The van der Waals surface area contributed by atoms with E-state index in [2.05, 4.69) is 22.6 Å². The Hall–Kier alpha value is -0.180. The van der Waals surface area contributed by atoms with Crippen molar-refractivity contribution in [3.63, 3.8) is 0 Å². The maximum atomic E-state index is 10.6. The third-order valence-corrected chi connectivity index (χ3v) is 5.37. The van der Waals surface area contributed by atoms with Gasteiger partial charge < -0.3 is 0 Å². The molecule has 0 N–H and O–H groups in total. The minimum atomic E-state index is -0.370. The van der Waals surface area contributed by atoms with Crippen molar-refractivity contribution in [2.45, 2.75) is 0 Å². The van der Waals surface area contributed by atoms with Gasteiger partial charge in [-0.05, 0) is 34.7 Å². The van der Waals surface area contributed by atoms with Crippen molar-refractivity contribution in [1.29, 1.82) is 0 Å². The van der Waals surface area contributed by atoms with Crippen LogP contribution in [0.3, 0.4) is 0 Å². The first-order chi connectivity index (χ1) is 7.08. The highest BCUT2D eigenvalue weighted by molar-refractivity contribution is 14.1. The van der Waals surface area contributed by atoms with E-state index in [4.69, 9.17) is 11.6 Å². The first-order valence-electron chi connectivity index (χ1n) is 3.77. The molecule has 2 aromatic rings. The Kier molecular flexibility index (Phi) is 3.29.